The van der Waals surface area contributed by atoms with E-state index < -0.39 is 10.0 Å². The molecule has 3 aliphatic rings. The fourth-order valence-corrected chi connectivity index (χ4v) is 5.25. The summed E-state index contributed by atoms with van der Waals surface area (Å²) in [6.07, 6.45) is 4.46. The molecule has 0 bridgehead atoms. The number of ether oxygens (including phenoxy) is 1. The summed E-state index contributed by atoms with van der Waals surface area (Å²) in [7, 11) is -3.10. The zero-order valence-electron chi connectivity index (χ0n) is 13.3. The van der Waals surface area contributed by atoms with Gasteiger partial charge in [0, 0.05) is 37.9 Å². The zero-order valence-corrected chi connectivity index (χ0v) is 14.1. The second-order valence-electron chi connectivity index (χ2n) is 6.72. The van der Waals surface area contributed by atoms with E-state index in [0.717, 1.165) is 63.3 Å². The zero-order chi connectivity index (χ0) is 15.9. The van der Waals surface area contributed by atoms with Gasteiger partial charge in [0.25, 0.3) is 0 Å². The summed E-state index contributed by atoms with van der Waals surface area (Å²) in [5.74, 6) is 0. The van der Waals surface area contributed by atoms with Crippen molar-refractivity contribution in [1.29, 1.82) is 0 Å². The molecule has 0 spiro atoms. The Morgan fingerprint density at radius 3 is 2.78 bits per heavy atom. The molecular weight excluding hydrogens is 316 g/mol. The number of hydrogen-bond donors (Lipinski definition) is 2. The van der Waals surface area contributed by atoms with Crippen LogP contribution in [0.25, 0.3) is 0 Å². The largest absolute Gasteiger partial charge is 0.381 e. The van der Waals surface area contributed by atoms with Gasteiger partial charge in [-0.1, -0.05) is 0 Å². The molecule has 7 nitrogen and oxygen atoms in total. The third-order valence-corrected chi connectivity index (χ3v) is 7.41. The van der Waals surface area contributed by atoms with Crippen molar-refractivity contribution >= 4 is 10.0 Å². The van der Waals surface area contributed by atoms with Crippen LogP contribution in [0.2, 0.25) is 0 Å². The maximum absolute atomic E-state index is 12.4. The first kappa shape index (κ1) is 15.6. The lowest BCUT2D eigenvalue weighted by Crippen LogP contribution is -2.38. The van der Waals surface area contributed by atoms with E-state index in [4.69, 9.17) is 4.74 Å². The maximum atomic E-state index is 12.4. The van der Waals surface area contributed by atoms with Gasteiger partial charge in [-0.15, -0.1) is 0 Å². The van der Waals surface area contributed by atoms with Crippen LogP contribution in [0, 0.1) is 0 Å². The molecule has 1 aromatic rings. The van der Waals surface area contributed by atoms with E-state index in [0.29, 0.717) is 19.1 Å². The average Bonchev–Trinajstić information content (AvgIpc) is 3.36. The number of aromatic nitrogens is 2. The van der Waals surface area contributed by atoms with E-state index in [2.05, 4.69) is 15.5 Å². The monoisotopic (exact) mass is 340 g/mol. The van der Waals surface area contributed by atoms with Gasteiger partial charge < -0.3 is 10.1 Å². The van der Waals surface area contributed by atoms with Crippen LogP contribution in [0.15, 0.2) is 0 Å². The molecule has 0 atom stereocenters. The van der Waals surface area contributed by atoms with Gasteiger partial charge in [-0.05, 0) is 32.1 Å². The Labute approximate surface area is 136 Å². The summed E-state index contributed by atoms with van der Waals surface area (Å²) in [5.41, 5.74) is 3.20. The molecular formula is C15H24N4O3S. The van der Waals surface area contributed by atoms with Gasteiger partial charge in [0.05, 0.1) is 23.2 Å². The fraction of sp³-hybridized carbons (Fsp3) is 0.800. The van der Waals surface area contributed by atoms with Gasteiger partial charge in [0.15, 0.2) is 0 Å². The smallest absolute Gasteiger partial charge is 0.217 e. The average molecular weight is 340 g/mol. The lowest BCUT2D eigenvalue weighted by Gasteiger charge is -2.26. The third-order valence-electron chi connectivity index (χ3n) is 5.07. The lowest BCUT2D eigenvalue weighted by atomic mass is 10.0. The molecule has 23 heavy (non-hydrogen) atoms. The first-order valence-corrected chi connectivity index (χ1v) is 10.00. The normalized spacial score (nSPS) is 23.8. The number of nitrogens with zero attached hydrogens (tertiary/aromatic N) is 2. The summed E-state index contributed by atoms with van der Waals surface area (Å²) < 4.78 is 31.7. The Bertz CT molecular complexity index is 662. The number of hydrogen-bond acceptors (Lipinski definition) is 5. The van der Waals surface area contributed by atoms with Crippen LogP contribution >= 0.6 is 0 Å². The molecule has 2 fully saturated rings. The van der Waals surface area contributed by atoms with Crippen LogP contribution in [-0.2, 0) is 34.3 Å². The molecule has 1 saturated carbocycles. The molecule has 0 aromatic carbocycles. The van der Waals surface area contributed by atoms with Gasteiger partial charge in [0.1, 0.15) is 0 Å². The molecule has 2 aliphatic heterocycles. The SMILES string of the molecule is O=S(=O)(C1CC1)N1CCc2c(CNC3CCOCC3)n[nH]c2C1. The van der Waals surface area contributed by atoms with Gasteiger partial charge in [-0.3, -0.25) is 5.10 Å². The van der Waals surface area contributed by atoms with Crippen molar-refractivity contribution in [3.05, 3.63) is 17.0 Å². The number of aromatic amines is 1. The summed E-state index contributed by atoms with van der Waals surface area (Å²) >= 11 is 0. The molecule has 1 saturated heterocycles. The van der Waals surface area contributed by atoms with Crippen molar-refractivity contribution in [1.82, 2.24) is 19.8 Å². The second-order valence-corrected chi connectivity index (χ2v) is 8.94. The number of sulfonamides is 1. The minimum absolute atomic E-state index is 0.137. The predicted molar refractivity (Wildman–Crippen MR) is 85.3 cm³/mol. The molecule has 8 heteroatoms. The standard InChI is InChI=1S/C15H24N4O3S/c20-23(21,12-1-2-12)19-6-3-13-14(17-18-15(13)10-19)9-16-11-4-7-22-8-5-11/h11-12,16H,1-10H2,(H,17,18). The minimum Gasteiger partial charge on any atom is -0.381 e. The highest BCUT2D eigenvalue weighted by Gasteiger charge is 2.41. The van der Waals surface area contributed by atoms with E-state index in [1.165, 1.54) is 5.56 Å². The summed E-state index contributed by atoms with van der Waals surface area (Å²) in [5, 5.41) is 10.9. The van der Waals surface area contributed by atoms with E-state index in [9.17, 15) is 8.42 Å². The van der Waals surface area contributed by atoms with Crippen LogP contribution < -0.4 is 5.32 Å². The summed E-state index contributed by atoms with van der Waals surface area (Å²) in [4.78, 5) is 0. The van der Waals surface area contributed by atoms with Crippen LogP contribution in [0.4, 0.5) is 0 Å². The predicted octanol–water partition coefficient (Wildman–Crippen LogP) is 0.529. The first-order chi connectivity index (χ1) is 11.1. The second kappa shape index (κ2) is 6.16. The van der Waals surface area contributed by atoms with Crippen molar-refractivity contribution in [2.45, 2.75) is 56.5 Å². The third kappa shape index (κ3) is 3.17. The lowest BCUT2D eigenvalue weighted by molar-refractivity contribution is 0.0775. The maximum Gasteiger partial charge on any atom is 0.217 e. The highest BCUT2D eigenvalue weighted by molar-refractivity contribution is 7.90. The van der Waals surface area contributed by atoms with Gasteiger partial charge in [-0.25, -0.2) is 8.42 Å². The van der Waals surface area contributed by atoms with Crippen molar-refractivity contribution in [3.8, 4) is 0 Å². The summed E-state index contributed by atoms with van der Waals surface area (Å²) in [6.45, 7) is 3.41. The molecule has 1 aliphatic carbocycles. The molecule has 4 rings (SSSR count). The number of rotatable bonds is 5. The van der Waals surface area contributed by atoms with Gasteiger partial charge >= 0.3 is 0 Å². The van der Waals surface area contributed by atoms with Crippen molar-refractivity contribution in [2.24, 2.45) is 0 Å². The van der Waals surface area contributed by atoms with Crippen LogP contribution in [0.3, 0.4) is 0 Å². The Hall–Kier alpha value is -0.960. The highest BCUT2D eigenvalue weighted by atomic mass is 32.2. The van der Waals surface area contributed by atoms with Crippen molar-refractivity contribution < 1.29 is 13.2 Å². The molecule has 1 aromatic heterocycles. The molecule has 128 valence electrons. The minimum atomic E-state index is -3.10. The Kier molecular flexibility index (Phi) is 4.17. The molecule has 3 heterocycles. The van der Waals surface area contributed by atoms with Crippen LogP contribution in [0.1, 0.15) is 42.6 Å². The van der Waals surface area contributed by atoms with Crippen LogP contribution in [-0.4, -0.2) is 54.0 Å². The van der Waals surface area contributed by atoms with Gasteiger partial charge in [0.2, 0.25) is 10.0 Å². The first-order valence-electron chi connectivity index (χ1n) is 8.49. The van der Waals surface area contributed by atoms with Crippen molar-refractivity contribution in [3.63, 3.8) is 0 Å². The summed E-state index contributed by atoms with van der Waals surface area (Å²) in [6, 6.07) is 0.492. The number of nitrogens with one attached hydrogen (secondary N) is 2. The molecule has 0 radical (unpaired) electrons. The molecule has 0 unspecified atom stereocenters. The Morgan fingerprint density at radius 1 is 1.26 bits per heavy atom. The number of H-pyrrole nitrogens is 1. The van der Waals surface area contributed by atoms with E-state index in [-0.39, 0.29) is 5.25 Å². The Morgan fingerprint density at radius 2 is 2.04 bits per heavy atom. The topological polar surface area (TPSA) is 87.3 Å². The number of fused-ring (bicyclic) bond motifs is 1. The van der Waals surface area contributed by atoms with E-state index >= 15 is 0 Å². The Balaban J connectivity index is 1.40. The molecule has 0 amide bonds. The van der Waals surface area contributed by atoms with E-state index in [1.54, 1.807) is 4.31 Å². The van der Waals surface area contributed by atoms with Crippen LogP contribution in [0.5, 0.6) is 0 Å². The molecule has 2 N–H and O–H groups in total. The quantitative estimate of drug-likeness (QED) is 0.816. The fourth-order valence-electron chi connectivity index (χ4n) is 3.44. The van der Waals surface area contributed by atoms with Gasteiger partial charge in [-0.2, -0.15) is 9.40 Å². The van der Waals surface area contributed by atoms with E-state index in [1.807, 2.05) is 0 Å². The highest BCUT2D eigenvalue weighted by Crippen LogP contribution is 2.33. The van der Waals surface area contributed by atoms with Crippen molar-refractivity contribution in [2.75, 3.05) is 19.8 Å².